The van der Waals surface area contributed by atoms with Crippen molar-refractivity contribution in [2.45, 2.75) is 50.5 Å². The van der Waals surface area contributed by atoms with Crippen molar-refractivity contribution in [3.8, 4) is 0 Å². The van der Waals surface area contributed by atoms with Crippen LogP contribution in [0.4, 0.5) is 0 Å². The van der Waals surface area contributed by atoms with Crippen LogP contribution in [0.5, 0.6) is 0 Å². The van der Waals surface area contributed by atoms with Crippen LogP contribution in [-0.2, 0) is 0 Å². The van der Waals surface area contributed by atoms with Gasteiger partial charge in [0.05, 0.1) is 0 Å². The molecule has 1 aliphatic carbocycles. The molecule has 0 atom stereocenters. The minimum atomic E-state index is 0.125. The smallest absolute Gasteiger partial charge is 0.102 e. The third-order valence-corrected chi connectivity index (χ3v) is 2.93. The molecule has 1 spiro atoms. The molecular weight excluding hydrogens is 148 g/mol. The molecular formula is C10H16N2. The van der Waals surface area contributed by atoms with Gasteiger partial charge in [-0.15, -0.1) is 0 Å². The molecule has 1 heterocycles. The number of rotatable bonds is 0. The minimum Gasteiger partial charge on any atom is -0.178 e. The average molecular weight is 164 g/mol. The van der Waals surface area contributed by atoms with Gasteiger partial charge in [0.15, 0.2) is 0 Å². The quantitative estimate of drug-likeness (QED) is 0.524. The lowest BCUT2D eigenvalue weighted by Gasteiger charge is -2.24. The monoisotopic (exact) mass is 164 g/mol. The molecule has 0 aromatic carbocycles. The zero-order valence-corrected chi connectivity index (χ0v) is 7.50. The summed E-state index contributed by atoms with van der Waals surface area (Å²) in [7, 11) is 0. The second-order valence-electron chi connectivity index (χ2n) is 3.90. The number of hydrogen-bond acceptors (Lipinski definition) is 2. The lowest BCUT2D eigenvalue weighted by atomic mass is 9.85. The van der Waals surface area contributed by atoms with E-state index in [2.05, 4.69) is 16.3 Å². The Kier molecular flexibility index (Phi) is 2.24. The van der Waals surface area contributed by atoms with Gasteiger partial charge in [-0.25, -0.2) is 0 Å². The Morgan fingerprint density at radius 1 is 0.917 bits per heavy atom. The molecule has 2 heteroatoms. The normalized spacial score (nSPS) is 27.3. The van der Waals surface area contributed by atoms with E-state index in [1.54, 1.807) is 0 Å². The van der Waals surface area contributed by atoms with Gasteiger partial charge in [0.1, 0.15) is 5.54 Å². The summed E-state index contributed by atoms with van der Waals surface area (Å²) in [5.41, 5.74) is 0.125. The Labute approximate surface area is 73.8 Å². The number of nitrogens with zero attached hydrogens (tertiary/aromatic N) is 2. The molecule has 1 saturated carbocycles. The van der Waals surface area contributed by atoms with Gasteiger partial charge in [-0.2, -0.15) is 10.2 Å². The lowest BCUT2D eigenvalue weighted by molar-refractivity contribution is 0.377. The second kappa shape index (κ2) is 3.38. The summed E-state index contributed by atoms with van der Waals surface area (Å²) in [6.45, 7) is 0. The third-order valence-electron chi connectivity index (χ3n) is 2.93. The fourth-order valence-electron chi connectivity index (χ4n) is 2.14. The van der Waals surface area contributed by atoms with Gasteiger partial charge in [0.25, 0.3) is 0 Å². The molecule has 0 N–H and O–H groups in total. The summed E-state index contributed by atoms with van der Waals surface area (Å²) in [6.07, 6.45) is 13.3. The molecule has 0 radical (unpaired) electrons. The first-order chi connectivity index (χ1) is 5.91. The third kappa shape index (κ3) is 1.57. The molecule has 0 unspecified atom stereocenters. The van der Waals surface area contributed by atoms with Crippen LogP contribution in [0.25, 0.3) is 0 Å². The molecule has 66 valence electrons. The molecule has 2 aliphatic rings. The van der Waals surface area contributed by atoms with Gasteiger partial charge in [-0.1, -0.05) is 32.1 Å². The van der Waals surface area contributed by atoms with Gasteiger partial charge >= 0.3 is 0 Å². The van der Waals surface area contributed by atoms with Crippen LogP contribution in [0.15, 0.2) is 22.5 Å². The highest BCUT2D eigenvalue weighted by molar-refractivity contribution is 5.09. The maximum absolute atomic E-state index is 4.34. The van der Waals surface area contributed by atoms with E-state index in [0.29, 0.717) is 0 Å². The van der Waals surface area contributed by atoms with Crippen LogP contribution in [0, 0.1) is 0 Å². The first kappa shape index (κ1) is 7.96. The van der Waals surface area contributed by atoms with Crippen molar-refractivity contribution in [3.05, 3.63) is 12.3 Å². The van der Waals surface area contributed by atoms with Crippen LogP contribution in [0.1, 0.15) is 44.9 Å². The maximum Gasteiger partial charge on any atom is 0.102 e. The van der Waals surface area contributed by atoms with Crippen molar-refractivity contribution in [3.63, 3.8) is 0 Å². The fraction of sp³-hybridized carbons (Fsp3) is 0.800. The highest BCUT2D eigenvalue weighted by Gasteiger charge is 2.28. The fourth-order valence-corrected chi connectivity index (χ4v) is 2.14. The van der Waals surface area contributed by atoms with E-state index in [4.69, 9.17) is 0 Å². The highest BCUT2D eigenvalue weighted by atomic mass is 15.2. The van der Waals surface area contributed by atoms with Gasteiger partial charge in [-0.3, -0.25) is 0 Å². The topological polar surface area (TPSA) is 24.7 Å². The molecule has 2 rings (SSSR count). The van der Waals surface area contributed by atoms with Crippen molar-refractivity contribution in [2.75, 3.05) is 0 Å². The standard InChI is InChI=1S/C10H16N2/c1-2-4-6-10(7-5-3-1)8-9-11-12-10/h8-9H,1-7H2. The van der Waals surface area contributed by atoms with E-state index in [1.807, 2.05) is 6.20 Å². The first-order valence-electron chi connectivity index (χ1n) is 5.01. The van der Waals surface area contributed by atoms with Crippen LogP contribution < -0.4 is 0 Å². The van der Waals surface area contributed by atoms with E-state index in [1.165, 1.54) is 44.9 Å². The molecule has 0 aromatic rings. The van der Waals surface area contributed by atoms with Gasteiger partial charge in [-0.05, 0) is 18.9 Å². The summed E-state index contributed by atoms with van der Waals surface area (Å²) in [5, 5.41) is 8.32. The zero-order valence-electron chi connectivity index (χ0n) is 7.50. The van der Waals surface area contributed by atoms with E-state index in [0.717, 1.165) is 0 Å². The molecule has 1 fully saturated rings. The van der Waals surface area contributed by atoms with E-state index >= 15 is 0 Å². The van der Waals surface area contributed by atoms with Gasteiger partial charge in [0, 0.05) is 6.20 Å². The summed E-state index contributed by atoms with van der Waals surface area (Å²) in [5.74, 6) is 0. The average Bonchev–Trinajstić information content (AvgIpc) is 2.47. The summed E-state index contributed by atoms with van der Waals surface area (Å²) >= 11 is 0. The van der Waals surface area contributed by atoms with Gasteiger partial charge < -0.3 is 0 Å². The summed E-state index contributed by atoms with van der Waals surface area (Å²) in [6, 6.07) is 0. The molecule has 0 saturated heterocycles. The lowest BCUT2D eigenvalue weighted by Crippen LogP contribution is -2.22. The molecule has 0 bridgehead atoms. The largest absolute Gasteiger partial charge is 0.178 e. The Morgan fingerprint density at radius 2 is 1.58 bits per heavy atom. The van der Waals surface area contributed by atoms with E-state index < -0.39 is 0 Å². The number of hydrogen-bond donors (Lipinski definition) is 0. The molecule has 2 nitrogen and oxygen atoms in total. The van der Waals surface area contributed by atoms with Crippen molar-refractivity contribution in [1.82, 2.24) is 0 Å². The number of azo groups is 1. The summed E-state index contributed by atoms with van der Waals surface area (Å²) < 4.78 is 0. The van der Waals surface area contributed by atoms with Gasteiger partial charge in [0.2, 0.25) is 0 Å². The van der Waals surface area contributed by atoms with E-state index in [-0.39, 0.29) is 5.54 Å². The minimum absolute atomic E-state index is 0.125. The van der Waals surface area contributed by atoms with Crippen LogP contribution >= 0.6 is 0 Å². The molecule has 1 aliphatic heterocycles. The highest BCUT2D eigenvalue weighted by Crippen LogP contribution is 2.33. The molecule has 12 heavy (non-hydrogen) atoms. The van der Waals surface area contributed by atoms with Crippen molar-refractivity contribution in [2.24, 2.45) is 10.2 Å². The summed E-state index contributed by atoms with van der Waals surface area (Å²) in [4.78, 5) is 0. The van der Waals surface area contributed by atoms with Crippen LogP contribution in [0.2, 0.25) is 0 Å². The van der Waals surface area contributed by atoms with Crippen molar-refractivity contribution in [1.29, 1.82) is 0 Å². The SMILES string of the molecule is C1=CC2(CCCCCCC2)N=N1. The molecule has 0 aromatic heterocycles. The van der Waals surface area contributed by atoms with Crippen molar-refractivity contribution >= 4 is 0 Å². The Bertz CT molecular complexity index is 184. The first-order valence-corrected chi connectivity index (χ1v) is 5.01. The van der Waals surface area contributed by atoms with E-state index in [9.17, 15) is 0 Å². The predicted octanol–water partition coefficient (Wildman–Crippen LogP) is 3.45. The maximum atomic E-state index is 4.34. The Morgan fingerprint density at radius 3 is 2.17 bits per heavy atom. The Balaban J connectivity index is 2.02. The van der Waals surface area contributed by atoms with Crippen molar-refractivity contribution < 1.29 is 0 Å². The van der Waals surface area contributed by atoms with Crippen LogP contribution in [-0.4, -0.2) is 5.54 Å². The predicted molar refractivity (Wildman–Crippen MR) is 49.0 cm³/mol. The Hall–Kier alpha value is -0.660. The van der Waals surface area contributed by atoms with Crippen LogP contribution in [0.3, 0.4) is 0 Å². The molecule has 0 amide bonds. The second-order valence-corrected chi connectivity index (χ2v) is 3.90. The zero-order chi connectivity index (χ0) is 8.28.